The van der Waals surface area contributed by atoms with Crippen molar-refractivity contribution in [1.29, 1.82) is 0 Å². The first kappa shape index (κ1) is 11.3. The summed E-state index contributed by atoms with van der Waals surface area (Å²) in [6.07, 6.45) is 3.99. The lowest BCUT2D eigenvalue weighted by atomic mass is 10.4. The summed E-state index contributed by atoms with van der Waals surface area (Å²) in [6.45, 7) is 0. The fourth-order valence-corrected chi connectivity index (χ4v) is 1.95. The summed E-state index contributed by atoms with van der Waals surface area (Å²) >= 11 is 0. The van der Waals surface area contributed by atoms with Gasteiger partial charge in [-0.15, -0.1) is 0 Å². The summed E-state index contributed by atoms with van der Waals surface area (Å²) in [5.74, 6) is -0.0388. The van der Waals surface area contributed by atoms with Crippen LogP contribution in [0.1, 0.15) is 0 Å². The van der Waals surface area contributed by atoms with E-state index in [0.717, 1.165) is 0 Å². The molecule has 6 nitrogen and oxygen atoms in total. The van der Waals surface area contributed by atoms with E-state index in [9.17, 15) is 8.42 Å². The van der Waals surface area contributed by atoms with Gasteiger partial charge in [0, 0.05) is 18.5 Å². The number of anilines is 1. The van der Waals surface area contributed by atoms with Crippen LogP contribution < -0.4 is 9.92 Å². The van der Waals surface area contributed by atoms with Gasteiger partial charge in [-0.1, -0.05) is 0 Å². The van der Waals surface area contributed by atoms with Crippen molar-refractivity contribution >= 4 is 15.8 Å². The van der Waals surface area contributed by atoms with Crippen LogP contribution in [-0.2, 0) is 10.1 Å². The van der Waals surface area contributed by atoms with Gasteiger partial charge in [0.25, 0.3) is 0 Å². The Kier molecular flexibility index (Phi) is 2.92. The molecule has 0 atom stereocenters. The molecule has 7 heteroatoms. The van der Waals surface area contributed by atoms with Gasteiger partial charge in [0.1, 0.15) is 4.90 Å². The van der Waals surface area contributed by atoms with Crippen LogP contribution in [0.25, 0.3) is 0 Å². The summed E-state index contributed by atoms with van der Waals surface area (Å²) in [6, 6.07) is 5.77. The second-order valence-corrected chi connectivity index (χ2v) is 4.70. The van der Waals surface area contributed by atoms with Gasteiger partial charge in [-0.2, -0.15) is 8.42 Å². The third-order valence-electron chi connectivity index (χ3n) is 1.88. The molecular formula is C10H9N3O3S. The maximum Gasteiger partial charge on any atom is 0.342 e. The number of nitrogens with zero attached hydrogens (tertiary/aromatic N) is 2. The highest BCUT2D eigenvalue weighted by molar-refractivity contribution is 7.87. The Hall–Kier alpha value is -2.15. The van der Waals surface area contributed by atoms with Crippen molar-refractivity contribution in [3.63, 3.8) is 0 Å². The van der Waals surface area contributed by atoms with Crippen LogP contribution >= 0.6 is 0 Å². The molecule has 0 bridgehead atoms. The topological polar surface area (TPSA) is 95.2 Å². The summed E-state index contributed by atoms with van der Waals surface area (Å²) in [7, 11) is -3.89. The van der Waals surface area contributed by atoms with Crippen LogP contribution in [0.2, 0.25) is 0 Å². The molecule has 2 heterocycles. The SMILES string of the molecule is Nc1ccc(OS(=O)(=O)c2cccnc2)nc1. The largest absolute Gasteiger partial charge is 0.397 e. The lowest BCUT2D eigenvalue weighted by Crippen LogP contribution is -2.10. The fraction of sp³-hybridized carbons (Fsp3) is 0. The Morgan fingerprint density at radius 3 is 2.59 bits per heavy atom. The Morgan fingerprint density at radius 2 is 2.00 bits per heavy atom. The standard InChI is InChI=1S/C10H9N3O3S/c11-8-3-4-10(13-6-8)16-17(14,15)9-2-1-5-12-7-9/h1-7H,11H2. The van der Waals surface area contributed by atoms with Gasteiger partial charge in [-0.05, 0) is 18.2 Å². The van der Waals surface area contributed by atoms with E-state index >= 15 is 0 Å². The van der Waals surface area contributed by atoms with Crippen molar-refractivity contribution < 1.29 is 12.6 Å². The van der Waals surface area contributed by atoms with Crippen LogP contribution in [0.3, 0.4) is 0 Å². The van der Waals surface area contributed by atoms with Crippen molar-refractivity contribution in [2.75, 3.05) is 5.73 Å². The molecular weight excluding hydrogens is 242 g/mol. The average Bonchev–Trinajstić information content (AvgIpc) is 2.33. The van der Waals surface area contributed by atoms with Crippen LogP contribution in [0.5, 0.6) is 5.88 Å². The molecule has 2 N–H and O–H groups in total. The number of nitrogens with two attached hydrogens (primary N) is 1. The smallest absolute Gasteiger partial charge is 0.342 e. The Morgan fingerprint density at radius 1 is 1.18 bits per heavy atom. The average molecular weight is 251 g/mol. The van der Waals surface area contributed by atoms with Gasteiger partial charge in [0.2, 0.25) is 5.88 Å². The van der Waals surface area contributed by atoms with Crippen LogP contribution in [0, 0.1) is 0 Å². The van der Waals surface area contributed by atoms with Crippen molar-refractivity contribution in [2.45, 2.75) is 4.90 Å². The predicted molar refractivity (Wildman–Crippen MR) is 60.7 cm³/mol. The third-order valence-corrected chi connectivity index (χ3v) is 3.09. The Labute approximate surface area is 98.2 Å². The molecule has 0 aliphatic heterocycles. The number of rotatable bonds is 3. The maximum atomic E-state index is 11.8. The minimum atomic E-state index is -3.89. The third kappa shape index (κ3) is 2.70. The first-order chi connectivity index (χ1) is 8.08. The van der Waals surface area contributed by atoms with E-state index in [1.54, 1.807) is 0 Å². The second-order valence-electron chi connectivity index (χ2n) is 3.16. The van der Waals surface area contributed by atoms with Crippen LogP contribution in [-0.4, -0.2) is 18.4 Å². The number of aromatic nitrogens is 2. The molecule has 0 amide bonds. The van der Waals surface area contributed by atoms with E-state index in [0.29, 0.717) is 5.69 Å². The Balaban J connectivity index is 2.27. The lowest BCUT2D eigenvalue weighted by molar-refractivity contribution is 0.476. The molecule has 0 fully saturated rings. The Bertz CT molecular complexity index is 596. The maximum absolute atomic E-state index is 11.8. The van der Waals surface area contributed by atoms with Crippen molar-refractivity contribution in [3.05, 3.63) is 42.9 Å². The summed E-state index contributed by atoms with van der Waals surface area (Å²) in [5.41, 5.74) is 5.85. The van der Waals surface area contributed by atoms with E-state index in [1.807, 2.05) is 0 Å². The first-order valence-corrected chi connectivity index (χ1v) is 6.05. The zero-order chi connectivity index (χ0) is 12.3. The summed E-state index contributed by atoms with van der Waals surface area (Å²) < 4.78 is 28.3. The van der Waals surface area contributed by atoms with Gasteiger partial charge in [-0.25, -0.2) is 4.98 Å². The highest BCUT2D eigenvalue weighted by atomic mass is 32.2. The fourth-order valence-electron chi connectivity index (χ4n) is 1.10. The van der Waals surface area contributed by atoms with E-state index in [1.165, 1.54) is 42.9 Å². The molecule has 2 aromatic heterocycles. The lowest BCUT2D eigenvalue weighted by Gasteiger charge is -2.05. The number of pyridine rings is 2. The summed E-state index contributed by atoms with van der Waals surface area (Å²) in [5, 5.41) is 0. The van der Waals surface area contributed by atoms with E-state index in [-0.39, 0.29) is 10.8 Å². The molecule has 0 aliphatic rings. The monoisotopic (exact) mass is 251 g/mol. The van der Waals surface area contributed by atoms with Gasteiger partial charge in [-0.3, -0.25) is 4.98 Å². The quantitative estimate of drug-likeness (QED) is 0.812. The molecule has 0 spiro atoms. The van der Waals surface area contributed by atoms with Crippen molar-refractivity contribution in [1.82, 2.24) is 9.97 Å². The van der Waals surface area contributed by atoms with Crippen molar-refractivity contribution in [3.8, 4) is 5.88 Å². The van der Waals surface area contributed by atoms with Gasteiger partial charge in [0.05, 0.1) is 11.9 Å². The zero-order valence-corrected chi connectivity index (χ0v) is 9.46. The normalized spacial score (nSPS) is 11.1. The first-order valence-electron chi connectivity index (χ1n) is 4.64. The minimum absolute atomic E-state index is 0.0291. The molecule has 2 aromatic rings. The molecule has 0 aliphatic carbocycles. The second kappa shape index (κ2) is 4.38. The number of nitrogen functional groups attached to an aromatic ring is 1. The van der Waals surface area contributed by atoms with Gasteiger partial charge < -0.3 is 9.92 Å². The van der Waals surface area contributed by atoms with Crippen LogP contribution in [0.15, 0.2) is 47.8 Å². The minimum Gasteiger partial charge on any atom is -0.397 e. The van der Waals surface area contributed by atoms with E-state index in [4.69, 9.17) is 9.92 Å². The number of hydrogen-bond donors (Lipinski definition) is 1. The van der Waals surface area contributed by atoms with Crippen molar-refractivity contribution in [2.24, 2.45) is 0 Å². The molecule has 17 heavy (non-hydrogen) atoms. The molecule has 0 unspecified atom stereocenters. The van der Waals surface area contributed by atoms with Gasteiger partial charge >= 0.3 is 10.1 Å². The molecule has 88 valence electrons. The predicted octanol–water partition coefficient (Wildman–Crippen LogP) is 0.827. The molecule has 0 saturated heterocycles. The molecule has 0 radical (unpaired) electrons. The highest BCUT2D eigenvalue weighted by Gasteiger charge is 2.16. The van der Waals surface area contributed by atoms with Crippen LogP contribution in [0.4, 0.5) is 5.69 Å². The molecule has 0 saturated carbocycles. The van der Waals surface area contributed by atoms with E-state index < -0.39 is 10.1 Å². The molecule has 2 rings (SSSR count). The van der Waals surface area contributed by atoms with Gasteiger partial charge in [0.15, 0.2) is 0 Å². The summed E-state index contributed by atoms with van der Waals surface area (Å²) in [4.78, 5) is 7.42. The molecule has 0 aromatic carbocycles. The van der Waals surface area contributed by atoms with E-state index in [2.05, 4.69) is 9.97 Å². The highest BCUT2D eigenvalue weighted by Crippen LogP contribution is 2.16. The number of hydrogen-bond acceptors (Lipinski definition) is 6. The zero-order valence-electron chi connectivity index (χ0n) is 8.65.